The van der Waals surface area contributed by atoms with E-state index in [-0.39, 0.29) is 0 Å². The van der Waals surface area contributed by atoms with Gasteiger partial charge in [-0.25, -0.2) is 0 Å². The van der Waals surface area contributed by atoms with Crippen LogP contribution in [0.1, 0.15) is 40.7 Å². The highest BCUT2D eigenvalue weighted by atomic mass is 32.1. The molecule has 82 valence electrons. The standard InChI is InChI=1S/C11H10N2O2S/c14-5-9-4-8(6-16-9)10-12-11(15-13-10)7-2-1-3-7/h4-7H,1-3H2. The van der Waals surface area contributed by atoms with E-state index in [1.165, 1.54) is 17.8 Å². The zero-order valence-electron chi connectivity index (χ0n) is 8.55. The third-order valence-electron chi connectivity index (χ3n) is 2.89. The molecule has 2 heterocycles. The maximum absolute atomic E-state index is 10.6. The lowest BCUT2D eigenvalue weighted by Crippen LogP contribution is -2.08. The molecule has 3 rings (SSSR count). The predicted molar refractivity (Wildman–Crippen MR) is 59.6 cm³/mol. The molecule has 0 amide bonds. The lowest BCUT2D eigenvalue weighted by atomic mass is 9.85. The molecule has 1 fully saturated rings. The summed E-state index contributed by atoms with van der Waals surface area (Å²) >= 11 is 1.39. The fourth-order valence-electron chi connectivity index (χ4n) is 1.71. The maximum Gasteiger partial charge on any atom is 0.230 e. The molecule has 0 atom stereocenters. The van der Waals surface area contributed by atoms with Crippen molar-refractivity contribution in [1.82, 2.24) is 10.1 Å². The Bertz CT molecular complexity index is 514. The van der Waals surface area contributed by atoms with Gasteiger partial charge in [-0.1, -0.05) is 11.6 Å². The number of hydrogen-bond donors (Lipinski definition) is 0. The number of aromatic nitrogens is 2. The van der Waals surface area contributed by atoms with Crippen LogP contribution in [-0.4, -0.2) is 16.4 Å². The highest BCUT2D eigenvalue weighted by molar-refractivity contribution is 7.12. The second kappa shape index (κ2) is 3.83. The Balaban J connectivity index is 1.88. The van der Waals surface area contributed by atoms with Gasteiger partial charge in [0.2, 0.25) is 11.7 Å². The molecule has 16 heavy (non-hydrogen) atoms. The van der Waals surface area contributed by atoms with E-state index in [4.69, 9.17) is 4.52 Å². The molecule has 1 saturated carbocycles. The molecule has 0 radical (unpaired) electrons. The minimum absolute atomic E-state index is 0.449. The number of rotatable bonds is 3. The molecule has 0 N–H and O–H groups in total. The fraction of sp³-hybridized carbons (Fsp3) is 0.364. The number of nitrogens with zero attached hydrogens (tertiary/aromatic N) is 2. The first-order valence-electron chi connectivity index (χ1n) is 5.24. The molecular formula is C11H10N2O2S. The Hall–Kier alpha value is -1.49. The summed E-state index contributed by atoms with van der Waals surface area (Å²) in [5, 5.41) is 5.82. The summed E-state index contributed by atoms with van der Waals surface area (Å²) in [6.07, 6.45) is 4.37. The van der Waals surface area contributed by atoms with Gasteiger partial charge in [0, 0.05) is 16.9 Å². The zero-order valence-corrected chi connectivity index (χ0v) is 9.37. The largest absolute Gasteiger partial charge is 0.339 e. The highest BCUT2D eigenvalue weighted by Crippen LogP contribution is 2.36. The minimum atomic E-state index is 0.449. The summed E-state index contributed by atoms with van der Waals surface area (Å²) in [4.78, 5) is 15.6. The minimum Gasteiger partial charge on any atom is -0.339 e. The van der Waals surface area contributed by atoms with Crippen molar-refractivity contribution in [2.24, 2.45) is 0 Å². The summed E-state index contributed by atoms with van der Waals surface area (Å²) < 4.78 is 5.22. The van der Waals surface area contributed by atoms with Crippen LogP contribution in [-0.2, 0) is 0 Å². The zero-order chi connectivity index (χ0) is 11.0. The Kier molecular flexibility index (Phi) is 2.32. The number of hydrogen-bond acceptors (Lipinski definition) is 5. The summed E-state index contributed by atoms with van der Waals surface area (Å²) in [5.74, 6) is 1.77. The van der Waals surface area contributed by atoms with Crippen molar-refractivity contribution in [1.29, 1.82) is 0 Å². The molecule has 0 spiro atoms. The van der Waals surface area contributed by atoms with Gasteiger partial charge in [-0.05, 0) is 18.9 Å². The lowest BCUT2D eigenvalue weighted by molar-refractivity contribution is 0.112. The number of carbonyl (C=O) groups excluding carboxylic acids is 1. The van der Waals surface area contributed by atoms with Gasteiger partial charge in [-0.2, -0.15) is 4.98 Å². The van der Waals surface area contributed by atoms with Gasteiger partial charge in [-0.3, -0.25) is 4.79 Å². The molecule has 0 saturated heterocycles. The average molecular weight is 234 g/mol. The van der Waals surface area contributed by atoms with Crippen molar-refractivity contribution >= 4 is 17.6 Å². The van der Waals surface area contributed by atoms with Crippen molar-refractivity contribution in [2.75, 3.05) is 0 Å². The third-order valence-corrected chi connectivity index (χ3v) is 3.75. The van der Waals surface area contributed by atoms with Gasteiger partial charge >= 0.3 is 0 Å². The van der Waals surface area contributed by atoms with Crippen LogP contribution in [0.15, 0.2) is 16.0 Å². The van der Waals surface area contributed by atoms with Crippen LogP contribution < -0.4 is 0 Å². The smallest absolute Gasteiger partial charge is 0.230 e. The molecule has 0 aromatic carbocycles. The van der Waals surface area contributed by atoms with Gasteiger partial charge < -0.3 is 4.52 Å². The van der Waals surface area contributed by atoms with Crippen LogP contribution in [0, 0.1) is 0 Å². The molecule has 0 aliphatic heterocycles. The molecule has 1 aliphatic carbocycles. The van der Waals surface area contributed by atoms with E-state index in [1.807, 2.05) is 5.38 Å². The summed E-state index contributed by atoms with van der Waals surface area (Å²) in [6, 6.07) is 1.78. The van der Waals surface area contributed by atoms with Gasteiger partial charge in [0.25, 0.3) is 0 Å². The predicted octanol–water partition coefficient (Wildman–Crippen LogP) is 2.88. The second-order valence-electron chi connectivity index (χ2n) is 3.94. The van der Waals surface area contributed by atoms with E-state index >= 15 is 0 Å². The number of carbonyl (C=O) groups is 1. The van der Waals surface area contributed by atoms with E-state index in [0.29, 0.717) is 16.6 Å². The molecular weight excluding hydrogens is 224 g/mol. The molecule has 2 aromatic rings. The second-order valence-corrected chi connectivity index (χ2v) is 4.88. The van der Waals surface area contributed by atoms with E-state index in [1.54, 1.807) is 6.07 Å². The highest BCUT2D eigenvalue weighted by Gasteiger charge is 2.25. The average Bonchev–Trinajstić information content (AvgIpc) is 2.81. The van der Waals surface area contributed by atoms with Crippen molar-refractivity contribution in [2.45, 2.75) is 25.2 Å². The van der Waals surface area contributed by atoms with E-state index in [2.05, 4.69) is 10.1 Å². The quantitative estimate of drug-likeness (QED) is 0.766. The first kappa shape index (κ1) is 9.72. The molecule has 0 bridgehead atoms. The van der Waals surface area contributed by atoms with Crippen LogP contribution in [0.5, 0.6) is 0 Å². The van der Waals surface area contributed by atoms with Gasteiger partial charge in [0.05, 0.1) is 4.88 Å². The van der Waals surface area contributed by atoms with Gasteiger partial charge in [-0.15, -0.1) is 11.3 Å². The fourth-order valence-corrected chi connectivity index (χ4v) is 2.39. The molecule has 5 heteroatoms. The maximum atomic E-state index is 10.6. The monoisotopic (exact) mass is 234 g/mol. The van der Waals surface area contributed by atoms with Crippen LogP contribution in [0.3, 0.4) is 0 Å². The topological polar surface area (TPSA) is 56.0 Å². The van der Waals surface area contributed by atoms with E-state index in [0.717, 1.165) is 30.6 Å². The normalized spacial score (nSPS) is 16.0. The van der Waals surface area contributed by atoms with Crippen LogP contribution in [0.25, 0.3) is 11.4 Å². The summed E-state index contributed by atoms with van der Waals surface area (Å²) in [6.45, 7) is 0. The SMILES string of the molecule is O=Cc1cc(-c2noc(C3CCC3)n2)cs1. The van der Waals surface area contributed by atoms with Crippen LogP contribution in [0.2, 0.25) is 0 Å². The first-order chi connectivity index (χ1) is 7.86. The van der Waals surface area contributed by atoms with E-state index < -0.39 is 0 Å². The van der Waals surface area contributed by atoms with Crippen molar-refractivity contribution in [3.05, 3.63) is 22.2 Å². The lowest BCUT2D eigenvalue weighted by Gasteiger charge is -2.20. The number of thiophene rings is 1. The Morgan fingerprint density at radius 3 is 3.00 bits per heavy atom. The van der Waals surface area contributed by atoms with E-state index in [9.17, 15) is 4.79 Å². The van der Waals surface area contributed by atoms with Crippen molar-refractivity contribution in [3.63, 3.8) is 0 Å². The summed E-state index contributed by atoms with van der Waals surface area (Å²) in [7, 11) is 0. The Morgan fingerprint density at radius 1 is 1.50 bits per heavy atom. The third kappa shape index (κ3) is 1.57. The molecule has 4 nitrogen and oxygen atoms in total. The van der Waals surface area contributed by atoms with Gasteiger partial charge in [0.1, 0.15) is 0 Å². The Labute approximate surface area is 96.3 Å². The Morgan fingerprint density at radius 2 is 2.38 bits per heavy atom. The molecule has 0 unspecified atom stereocenters. The van der Waals surface area contributed by atoms with Crippen LogP contribution in [0.4, 0.5) is 0 Å². The van der Waals surface area contributed by atoms with Gasteiger partial charge in [0.15, 0.2) is 6.29 Å². The van der Waals surface area contributed by atoms with Crippen LogP contribution >= 0.6 is 11.3 Å². The first-order valence-corrected chi connectivity index (χ1v) is 6.12. The molecule has 2 aromatic heterocycles. The molecule has 1 aliphatic rings. The summed E-state index contributed by atoms with van der Waals surface area (Å²) in [5.41, 5.74) is 0.862. The van der Waals surface area contributed by atoms with Crippen molar-refractivity contribution in [3.8, 4) is 11.4 Å². The van der Waals surface area contributed by atoms with Crippen molar-refractivity contribution < 1.29 is 9.32 Å². The number of aldehydes is 1.